The summed E-state index contributed by atoms with van der Waals surface area (Å²) in [6, 6.07) is 4.72. The van der Waals surface area contributed by atoms with Crippen molar-refractivity contribution in [3.8, 4) is 0 Å². The van der Waals surface area contributed by atoms with E-state index in [1.165, 1.54) is 12.3 Å². The molecule has 6 heteroatoms. The van der Waals surface area contributed by atoms with Crippen LogP contribution in [0.1, 0.15) is 0 Å². The molecule has 0 aliphatic carbocycles. The fourth-order valence-corrected chi connectivity index (χ4v) is 1.57. The van der Waals surface area contributed by atoms with Crippen LogP contribution in [0.5, 0.6) is 0 Å². The average molecular weight is 198 g/mol. The summed E-state index contributed by atoms with van der Waals surface area (Å²) in [6.45, 7) is 0. The Morgan fingerprint density at radius 1 is 1.46 bits per heavy atom. The molecule has 0 unspecified atom stereocenters. The lowest BCUT2D eigenvalue weighted by Crippen LogP contribution is -1.97. The molecule has 0 saturated heterocycles. The zero-order valence-corrected chi connectivity index (χ0v) is 7.25. The van der Waals surface area contributed by atoms with Gasteiger partial charge in [-0.3, -0.25) is 4.55 Å². The molecule has 2 heterocycles. The van der Waals surface area contributed by atoms with Gasteiger partial charge in [0.05, 0.1) is 0 Å². The van der Waals surface area contributed by atoms with Gasteiger partial charge >= 0.3 is 10.1 Å². The standard InChI is InChI=1S/C7H6N2O3S/c10-13(11,12)6-4-5-2-1-3-8-7(5)9-6/h1-4H,(H,8,9)(H,10,11,12). The number of nitrogens with one attached hydrogen (secondary N) is 1. The summed E-state index contributed by atoms with van der Waals surface area (Å²) in [5.74, 6) is 0. The molecule has 0 saturated carbocycles. The Balaban J connectivity index is 2.77. The van der Waals surface area contributed by atoms with Crippen molar-refractivity contribution in [1.29, 1.82) is 0 Å². The first-order valence-electron chi connectivity index (χ1n) is 3.48. The van der Waals surface area contributed by atoms with Crippen molar-refractivity contribution in [2.45, 2.75) is 5.03 Å². The van der Waals surface area contributed by atoms with Crippen LogP contribution < -0.4 is 0 Å². The van der Waals surface area contributed by atoms with E-state index in [4.69, 9.17) is 4.55 Å². The van der Waals surface area contributed by atoms with E-state index in [1.807, 2.05) is 0 Å². The fraction of sp³-hybridized carbons (Fsp3) is 0. The van der Waals surface area contributed by atoms with Gasteiger partial charge in [-0.1, -0.05) is 0 Å². The van der Waals surface area contributed by atoms with E-state index in [1.54, 1.807) is 12.1 Å². The van der Waals surface area contributed by atoms with E-state index in [-0.39, 0.29) is 5.03 Å². The zero-order valence-electron chi connectivity index (χ0n) is 6.43. The largest absolute Gasteiger partial charge is 0.328 e. The van der Waals surface area contributed by atoms with Crippen LogP contribution in [0.15, 0.2) is 29.4 Å². The average Bonchev–Trinajstić information content (AvgIpc) is 2.45. The van der Waals surface area contributed by atoms with Crippen LogP contribution in [0.3, 0.4) is 0 Å². The Morgan fingerprint density at radius 3 is 2.85 bits per heavy atom. The first-order chi connectivity index (χ1) is 6.07. The molecule has 5 nitrogen and oxygen atoms in total. The van der Waals surface area contributed by atoms with Crippen molar-refractivity contribution in [3.05, 3.63) is 24.4 Å². The van der Waals surface area contributed by atoms with Crippen LogP contribution in [0, 0.1) is 0 Å². The van der Waals surface area contributed by atoms with Gasteiger partial charge in [0, 0.05) is 11.6 Å². The van der Waals surface area contributed by atoms with E-state index < -0.39 is 10.1 Å². The maximum absolute atomic E-state index is 10.7. The quantitative estimate of drug-likeness (QED) is 0.664. The van der Waals surface area contributed by atoms with E-state index in [9.17, 15) is 8.42 Å². The fourth-order valence-electron chi connectivity index (χ4n) is 1.07. The van der Waals surface area contributed by atoms with Gasteiger partial charge in [0.15, 0.2) is 5.03 Å². The lowest BCUT2D eigenvalue weighted by Gasteiger charge is -1.87. The number of H-pyrrole nitrogens is 1. The lowest BCUT2D eigenvalue weighted by atomic mass is 10.3. The van der Waals surface area contributed by atoms with Crippen molar-refractivity contribution in [3.63, 3.8) is 0 Å². The third kappa shape index (κ3) is 1.41. The predicted octanol–water partition coefficient (Wildman–Crippen LogP) is 0.810. The van der Waals surface area contributed by atoms with Gasteiger partial charge in [0.1, 0.15) is 5.65 Å². The first kappa shape index (κ1) is 8.21. The number of aromatic amines is 1. The molecular formula is C7H6N2O3S. The van der Waals surface area contributed by atoms with Crippen LogP contribution in [0.25, 0.3) is 11.0 Å². The van der Waals surface area contributed by atoms with E-state index in [2.05, 4.69) is 9.97 Å². The summed E-state index contributed by atoms with van der Waals surface area (Å²) in [4.78, 5) is 6.37. The molecule has 2 aromatic heterocycles. The molecule has 0 fully saturated rings. The van der Waals surface area contributed by atoms with E-state index in [0.717, 1.165) is 0 Å². The Bertz CT molecular complexity index is 511. The van der Waals surface area contributed by atoms with Crippen molar-refractivity contribution >= 4 is 21.2 Å². The highest BCUT2D eigenvalue weighted by molar-refractivity contribution is 7.85. The normalized spacial score (nSPS) is 12.1. The molecule has 2 rings (SSSR count). The highest BCUT2D eigenvalue weighted by Crippen LogP contribution is 2.15. The minimum absolute atomic E-state index is 0.235. The van der Waals surface area contributed by atoms with Crippen LogP contribution in [-0.4, -0.2) is 22.9 Å². The van der Waals surface area contributed by atoms with Crippen LogP contribution in [-0.2, 0) is 10.1 Å². The second-order valence-corrected chi connectivity index (χ2v) is 3.94. The first-order valence-corrected chi connectivity index (χ1v) is 4.92. The van der Waals surface area contributed by atoms with Crippen molar-refractivity contribution in [2.75, 3.05) is 0 Å². The van der Waals surface area contributed by atoms with Crippen molar-refractivity contribution in [1.82, 2.24) is 9.97 Å². The Morgan fingerprint density at radius 2 is 2.23 bits per heavy atom. The molecule has 0 amide bonds. The number of hydrogen-bond donors (Lipinski definition) is 2. The molecular weight excluding hydrogens is 192 g/mol. The van der Waals surface area contributed by atoms with Gasteiger partial charge < -0.3 is 4.98 Å². The molecule has 2 N–H and O–H groups in total. The molecule has 0 bridgehead atoms. The van der Waals surface area contributed by atoms with Gasteiger partial charge in [-0.15, -0.1) is 0 Å². The van der Waals surface area contributed by atoms with Gasteiger partial charge in [0.2, 0.25) is 0 Å². The summed E-state index contributed by atoms with van der Waals surface area (Å²) in [7, 11) is -4.16. The Labute approximate surface area is 74.2 Å². The van der Waals surface area contributed by atoms with E-state index in [0.29, 0.717) is 11.0 Å². The molecule has 0 spiro atoms. The SMILES string of the molecule is O=S(=O)(O)c1cc2cccnc2[nH]1. The Hall–Kier alpha value is -1.40. The summed E-state index contributed by atoms with van der Waals surface area (Å²) in [5, 5.41) is 0.413. The zero-order chi connectivity index (χ0) is 9.47. The van der Waals surface area contributed by atoms with Crippen LogP contribution in [0.2, 0.25) is 0 Å². The summed E-state index contributed by atoms with van der Waals surface area (Å²) >= 11 is 0. The number of pyridine rings is 1. The monoisotopic (exact) mass is 198 g/mol. The number of rotatable bonds is 1. The topological polar surface area (TPSA) is 83.1 Å². The molecule has 0 aliphatic heterocycles. The molecule has 0 aromatic carbocycles. The summed E-state index contributed by atoms with van der Waals surface area (Å²) < 4.78 is 30.1. The predicted molar refractivity (Wildman–Crippen MR) is 45.9 cm³/mol. The smallest absolute Gasteiger partial charge is 0.310 e. The van der Waals surface area contributed by atoms with Gasteiger partial charge in [0.25, 0.3) is 0 Å². The van der Waals surface area contributed by atoms with Crippen molar-refractivity contribution in [2.24, 2.45) is 0 Å². The number of hydrogen-bond acceptors (Lipinski definition) is 3. The minimum Gasteiger partial charge on any atom is -0.328 e. The second-order valence-electron chi connectivity index (χ2n) is 2.55. The molecule has 0 atom stereocenters. The Kier molecular flexibility index (Phi) is 1.61. The highest BCUT2D eigenvalue weighted by atomic mass is 32.2. The number of nitrogens with zero attached hydrogens (tertiary/aromatic N) is 1. The third-order valence-corrected chi connectivity index (χ3v) is 2.42. The van der Waals surface area contributed by atoms with Crippen molar-refractivity contribution < 1.29 is 13.0 Å². The molecule has 0 radical (unpaired) electrons. The maximum Gasteiger partial charge on any atom is 0.310 e. The highest BCUT2D eigenvalue weighted by Gasteiger charge is 2.12. The lowest BCUT2D eigenvalue weighted by molar-refractivity contribution is 0.480. The van der Waals surface area contributed by atoms with Crippen LogP contribution >= 0.6 is 0 Å². The molecule has 68 valence electrons. The summed E-state index contributed by atoms with van der Waals surface area (Å²) in [6.07, 6.45) is 1.53. The van der Waals surface area contributed by atoms with Gasteiger partial charge in [-0.05, 0) is 18.2 Å². The van der Waals surface area contributed by atoms with Crippen LogP contribution in [0.4, 0.5) is 0 Å². The molecule has 2 aromatic rings. The van der Waals surface area contributed by atoms with E-state index >= 15 is 0 Å². The minimum atomic E-state index is -4.16. The summed E-state index contributed by atoms with van der Waals surface area (Å²) in [5.41, 5.74) is 0.440. The molecule has 13 heavy (non-hydrogen) atoms. The third-order valence-electron chi connectivity index (χ3n) is 1.65. The molecule has 0 aliphatic rings. The van der Waals surface area contributed by atoms with Gasteiger partial charge in [-0.2, -0.15) is 8.42 Å². The second kappa shape index (κ2) is 2.54. The maximum atomic E-state index is 10.7. The number of aromatic nitrogens is 2. The number of fused-ring (bicyclic) bond motifs is 1. The van der Waals surface area contributed by atoms with Gasteiger partial charge in [-0.25, -0.2) is 4.98 Å².